The molecule has 0 amide bonds. The summed E-state index contributed by atoms with van der Waals surface area (Å²) >= 11 is 0. The lowest BCUT2D eigenvalue weighted by atomic mass is 9.97. The van der Waals surface area contributed by atoms with Crippen molar-refractivity contribution in [1.82, 2.24) is 15.5 Å². The number of benzene rings is 1. The second kappa shape index (κ2) is 11.8. The molecule has 2 aromatic rings. The van der Waals surface area contributed by atoms with Gasteiger partial charge in [-0.25, -0.2) is 0 Å². The van der Waals surface area contributed by atoms with E-state index in [-0.39, 0.29) is 29.4 Å². The standard InChI is InChI=1S/C19H29N5O3.HI/c1-19(2,3)17-23-16(24-27-17)13-21-18(20-4)22-14-8-6-9-15(12-14)26-11-7-10-25-5;/h6,8-9,12H,7,10-11,13H2,1-5H3,(H2,20,21,22);1H. The summed E-state index contributed by atoms with van der Waals surface area (Å²) in [5.74, 6) is 2.59. The molecule has 28 heavy (non-hydrogen) atoms. The summed E-state index contributed by atoms with van der Waals surface area (Å²) in [6.45, 7) is 7.79. The average Bonchev–Trinajstić information content (AvgIpc) is 3.12. The third kappa shape index (κ3) is 8.01. The van der Waals surface area contributed by atoms with Crippen LogP contribution in [0, 0.1) is 0 Å². The first kappa shape index (κ1) is 24.2. The van der Waals surface area contributed by atoms with Gasteiger partial charge in [0.2, 0.25) is 5.89 Å². The van der Waals surface area contributed by atoms with Crippen molar-refractivity contribution in [3.63, 3.8) is 0 Å². The number of hydrogen-bond donors (Lipinski definition) is 2. The van der Waals surface area contributed by atoms with Gasteiger partial charge in [0.05, 0.1) is 13.2 Å². The molecule has 0 aliphatic rings. The van der Waals surface area contributed by atoms with E-state index in [0.29, 0.717) is 37.4 Å². The number of hydrogen-bond acceptors (Lipinski definition) is 6. The third-order valence-electron chi connectivity index (χ3n) is 3.61. The van der Waals surface area contributed by atoms with Crippen molar-refractivity contribution in [2.45, 2.75) is 39.2 Å². The fourth-order valence-electron chi connectivity index (χ4n) is 2.17. The molecule has 9 heteroatoms. The van der Waals surface area contributed by atoms with Crippen molar-refractivity contribution in [2.75, 3.05) is 32.7 Å². The quantitative estimate of drug-likeness (QED) is 0.246. The third-order valence-corrected chi connectivity index (χ3v) is 3.61. The molecule has 2 N–H and O–H groups in total. The molecule has 0 spiro atoms. The summed E-state index contributed by atoms with van der Waals surface area (Å²) in [6, 6.07) is 7.71. The molecule has 1 aromatic carbocycles. The molecule has 0 bridgehead atoms. The highest BCUT2D eigenvalue weighted by Crippen LogP contribution is 2.20. The lowest BCUT2D eigenvalue weighted by Crippen LogP contribution is -2.30. The molecular formula is C19H30IN5O3. The van der Waals surface area contributed by atoms with Crippen molar-refractivity contribution in [1.29, 1.82) is 0 Å². The van der Waals surface area contributed by atoms with E-state index in [1.54, 1.807) is 14.2 Å². The van der Waals surface area contributed by atoms with E-state index in [1.807, 2.05) is 45.0 Å². The van der Waals surface area contributed by atoms with E-state index in [0.717, 1.165) is 17.9 Å². The summed E-state index contributed by atoms with van der Waals surface area (Å²) in [7, 11) is 3.39. The number of rotatable bonds is 8. The normalized spacial score (nSPS) is 11.7. The van der Waals surface area contributed by atoms with Crippen molar-refractivity contribution in [2.24, 2.45) is 4.99 Å². The maximum Gasteiger partial charge on any atom is 0.232 e. The van der Waals surface area contributed by atoms with Crippen LogP contribution < -0.4 is 15.4 Å². The Hall–Kier alpha value is -1.88. The van der Waals surface area contributed by atoms with Gasteiger partial charge in [0.25, 0.3) is 0 Å². The van der Waals surface area contributed by atoms with Crippen molar-refractivity contribution < 1.29 is 14.0 Å². The largest absolute Gasteiger partial charge is 0.493 e. The number of guanidine groups is 1. The highest BCUT2D eigenvalue weighted by Gasteiger charge is 2.21. The number of aliphatic imine (C=N–C) groups is 1. The van der Waals surface area contributed by atoms with Crippen LogP contribution in [0.5, 0.6) is 5.75 Å². The van der Waals surface area contributed by atoms with Crippen LogP contribution in [0.2, 0.25) is 0 Å². The van der Waals surface area contributed by atoms with Gasteiger partial charge in [-0.1, -0.05) is 32.0 Å². The molecule has 0 atom stereocenters. The monoisotopic (exact) mass is 503 g/mol. The Balaban J connectivity index is 0.00000392. The Morgan fingerprint density at radius 2 is 2.04 bits per heavy atom. The second-order valence-corrected chi connectivity index (χ2v) is 7.04. The van der Waals surface area contributed by atoms with Gasteiger partial charge < -0.3 is 24.6 Å². The van der Waals surface area contributed by atoms with E-state index in [4.69, 9.17) is 14.0 Å². The molecular weight excluding hydrogens is 473 g/mol. The first-order valence-corrected chi connectivity index (χ1v) is 8.95. The number of methoxy groups -OCH3 is 1. The van der Waals surface area contributed by atoms with Crippen LogP contribution in [0.3, 0.4) is 0 Å². The summed E-state index contributed by atoms with van der Waals surface area (Å²) in [5.41, 5.74) is 0.699. The number of ether oxygens (including phenoxy) is 2. The topological polar surface area (TPSA) is 93.8 Å². The predicted molar refractivity (Wildman–Crippen MR) is 121 cm³/mol. The van der Waals surface area contributed by atoms with Crippen LogP contribution in [-0.4, -0.2) is 43.5 Å². The minimum absolute atomic E-state index is 0. The predicted octanol–water partition coefficient (Wildman–Crippen LogP) is 3.59. The van der Waals surface area contributed by atoms with E-state index in [9.17, 15) is 0 Å². The van der Waals surface area contributed by atoms with E-state index in [1.165, 1.54) is 0 Å². The molecule has 1 aromatic heterocycles. The Morgan fingerprint density at radius 1 is 1.25 bits per heavy atom. The van der Waals surface area contributed by atoms with Crippen LogP contribution in [-0.2, 0) is 16.7 Å². The number of nitrogens with zero attached hydrogens (tertiary/aromatic N) is 3. The molecule has 0 saturated carbocycles. The lowest BCUT2D eigenvalue weighted by Gasteiger charge is -2.12. The van der Waals surface area contributed by atoms with Crippen LogP contribution >= 0.6 is 24.0 Å². The first-order chi connectivity index (χ1) is 12.9. The zero-order chi connectivity index (χ0) is 19.7. The van der Waals surface area contributed by atoms with Crippen molar-refractivity contribution in [3.8, 4) is 5.75 Å². The molecule has 0 aliphatic carbocycles. The molecule has 0 aliphatic heterocycles. The van der Waals surface area contributed by atoms with Gasteiger partial charge in [-0.3, -0.25) is 4.99 Å². The Kier molecular flexibility index (Phi) is 10.2. The summed E-state index contributed by atoms with van der Waals surface area (Å²) in [4.78, 5) is 8.63. The van der Waals surface area contributed by atoms with Gasteiger partial charge >= 0.3 is 0 Å². The zero-order valence-corrected chi connectivity index (χ0v) is 19.4. The van der Waals surface area contributed by atoms with Gasteiger partial charge in [-0.2, -0.15) is 4.98 Å². The number of aromatic nitrogens is 2. The minimum Gasteiger partial charge on any atom is -0.493 e. The van der Waals surface area contributed by atoms with Gasteiger partial charge in [-0.15, -0.1) is 24.0 Å². The van der Waals surface area contributed by atoms with Crippen LogP contribution in [0.4, 0.5) is 5.69 Å². The summed E-state index contributed by atoms with van der Waals surface area (Å²) < 4.78 is 16.0. The molecule has 0 fully saturated rings. The fraction of sp³-hybridized carbons (Fsp3) is 0.526. The Labute approximate surface area is 183 Å². The molecule has 156 valence electrons. The first-order valence-electron chi connectivity index (χ1n) is 8.95. The highest BCUT2D eigenvalue weighted by atomic mass is 127. The van der Waals surface area contributed by atoms with Crippen LogP contribution in [0.1, 0.15) is 38.9 Å². The number of nitrogens with one attached hydrogen (secondary N) is 2. The van der Waals surface area contributed by atoms with Gasteiger partial charge in [-0.05, 0) is 12.1 Å². The Bertz CT molecular complexity index is 743. The van der Waals surface area contributed by atoms with Gasteiger partial charge in [0, 0.05) is 44.4 Å². The number of halogens is 1. The summed E-state index contributed by atoms with van der Waals surface area (Å²) in [5, 5.41) is 10.4. The Morgan fingerprint density at radius 3 is 2.68 bits per heavy atom. The minimum atomic E-state index is -0.172. The van der Waals surface area contributed by atoms with Crippen molar-refractivity contribution >= 4 is 35.6 Å². The molecule has 2 rings (SSSR count). The van der Waals surface area contributed by atoms with E-state index >= 15 is 0 Å². The smallest absolute Gasteiger partial charge is 0.232 e. The van der Waals surface area contributed by atoms with Gasteiger partial charge in [0.15, 0.2) is 11.8 Å². The maximum atomic E-state index is 5.72. The molecule has 0 unspecified atom stereocenters. The highest BCUT2D eigenvalue weighted by molar-refractivity contribution is 14.0. The summed E-state index contributed by atoms with van der Waals surface area (Å²) in [6.07, 6.45) is 0.846. The molecule has 0 saturated heterocycles. The van der Waals surface area contributed by atoms with Crippen molar-refractivity contribution in [3.05, 3.63) is 36.0 Å². The second-order valence-electron chi connectivity index (χ2n) is 7.04. The molecule has 1 heterocycles. The fourth-order valence-corrected chi connectivity index (χ4v) is 2.17. The maximum absolute atomic E-state index is 5.72. The van der Waals surface area contributed by atoms with Crippen LogP contribution in [0.15, 0.2) is 33.8 Å². The SMILES string of the molecule is CN=C(NCc1noc(C(C)(C)C)n1)Nc1cccc(OCCCOC)c1.I. The van der Waals surface area contributed by atoms with E-state index in [2.05, 4.69) is 25.8 Å². The average molecular weight is 503 g/mol. The lowest BCUT2D eigenvalue weighted by molar-refractivity contribution is 0.172. The van der Waals surface area contributed by atoms with Crippen LogP contribution in [0.25, 0.3) is 0 Å². The number of anilines is 1. The zero-order valence-electron chi connectivity index (χ0n) is 17.1. The van der Waals surface area contributed by atoms with E-state index < -0.39 is 0 Å². The molecule has 8 nitrogen and oxygen atoms in total. The van der Waals surface area contributed by atoms with Gasteiger partial charge in [0.1, 0.15) is 5.75 Å². The molecule has 0 radical (unpaired) electrons.